The molecule has 6 heteroatoms. The Morgan fingerprint density at radius 1 is 1.24 bits per heavy atom. The van der Waals surface area contributed by atoms with Gasteiger partial charge in [-0.2, -0.15) is 0 Å². The van der Waals surface area contributed by atoms with E-state index in [9.17, 15) is 9.59 Å². The summed E-state index contributed by atoms with van der Waals surface area (Å²) in [7, 11) is 0. The van der Waals surface area contributed by atoms with Crippen LogP contribution in [-0.4, -0.2) is 66.0 Å². The predicted molar refractivity (Wildman–Crippen MR) is 112 cm³/mol. The molecule has 3 aliphatic heterocycles. The van der Waals surface area contributed by atoms with Gasteiger partial charge in [-0.25, -0.2) is 0 Å². The number of fused-ring (bicyclic) bond motifs is 2. The Morgan fingerprint density at radius 3 is 2.66 bits per heavy atom. The van der Waals surface area contributed by atoms with Crippen LogP contribution in [0.15, 0.2) is 30.3 Å². The van der Waals surface area contributed by atoms with E-state index in [2.05, 4.69) is 24.1 Å². The van der Waals surface area contributed by atoms with Gasteiger partial charge < -0.3 is 15.0 Å². The van der Waals surface area contributed by atoms with Crippen LogP contribution in [0.25, 0.3) is 0 Å². The van der Waals surface area contributed by atoms with Gasteiger partial charge in [0.25, 0.3) is 5.91 Å². The number of hydrogen-bond donors (Lipinski definition) is 1. The number of nitrogens with zero attached hydrogens (tertiary/aromatic N) is 2. The molecular formula is C23H33N3O3. The first kappa shape index (κ1) is 20.2. The number of carbonyl (C=O) groups is 2. The molecule has 3 atom stereocenters. The lowest BCUT2D eigenvalue weighted by atomic mass is 9.75. The van der Waals surface area contributed by atoms with Crippen molar-refractivity contribution < 1.29 is 14.3 Å². The van der Waals surface area contributed by atoms with E-state index in [1.54, 1.807) is 0 Å². The van der Waals surface area contributed by atoms with Crippen molar-refractivity contribution in [3.05, 3.63) is 30.3 Å². The first-order chi connectivity index (χ1) is 14.0. The smallest absolute Gasteiger partial charge is 0.260 e. The van der Waals surface area contributed by atoms with Gasteiger partial charge in [0.15, 0.2) is 6.61 Å². The lowest BCUT2D eigenvalue weighted by Gasteiger charge is -2.43. The van der Waals surface area contributed by atoms with E-state index in [1.807, 2.05) is 35.2 Å². The van der Waals surface area contributed by atoms with E-state index >= 15 is 0 Å². The highest BCUT2D eigenvalue weighted by Crippen LogP contribution is 2.44. The highest BCUT2D eigenvalue weighted by Gasteiger charge is 2.57. The molecule has 6 nitrogen and oxygen atoms in total. The van der Waals surface area contributed by atoms with Crippen molar-refractivity contribution in [3.63, 3.8) is 0 Å². The molecule has 0 radical (unpaired) electrons. The van der Waals surface area contributed by atoms with Gasteiger partial charge >= 0.3 is 0 Å². The Morgan fingerprint density at radius 2 is 1.97 bits per heavy atom. The van der Waals surface area contributed by atoms with Crippen molar-refractivity contribution in [2.75, 3.05) is 32.8 Å². The minimum absolute atomic E-state index is 0.0224. The molecule has 1 spiro atoms. The molecule has 0 aromatic heterocycles. The molecule has 158 valence electrons. The van der Waals surface area contributed by atoms with Crippen LogP contribution in [0.4, 0.5) is 0 Å². The fraction of sp³-hybridized carbons (Fsp3) is 0.652. The summed E-state index contributed by atoms with van der Waals surface area (Å²) in [6, 6.07) is 9.98. The standard InChI is InChI=1S/C23H33N3O3/c1-3-7-17(2)26-14-19-20(15-26)23(24-22(19)28)10-12-25(13-11-23)21(27)16-29-18-8-5-4-6-9-18/h4-6,8-9,17,19-20H,3,7,10-16H2,1-2H3,(H,24,28)/t17-,19+,20-/m0/s1. The van der Waals surface area contributed by atoms with E-state index in [0.717, 1.165) is 25.9 Å². The zero-order chi connectivity index (χ0) is 20.4. The van der Waals surface area contributed by atoms with Gasteiger partial charge in [-0.1, -0.05) is 31.5 Å². The van der Waals surface area contributed by atoms with Gasteiger partial charge in [0.05, 0.1) is 5.92 Å². The fourth-order valence-corrected chi connectivity index (χ4v) is 5.45. The normalized spacial score (nSPS) is 27.0. The molecule has 3 heterocycles. The van der Waals surface area contributed by atoms with E-state index in [-0.39, 0.29) is 29.9 Å². The monoisotopic (exact) mass is 399 g/mol. The molecular weight excluding hydrogens is 366 g/mol. The minimum atomic E-state index is -0.139. The van der Waals surface area contributed by atoms with Crippen molar-refractivity contribution in [1.82, 2.24) is 15.1 Å². The zero-order valence-electron chi connectivity index (χ0n) is 17.6. The number of ether oxygens (including phenoxy) is 1. The lowest BCUT2D eigenvalue weighted by Crippen LogP contribution is -2.56. The molecule has 29 heavy (non-hydrogen) atoms. The van der Waals surface area contributed by atoms with E-state index < -0.39 is 0 Å². The van der Waals surface area contributed by atoms with E-state index in [1.165, 1.54) is 12.8 Å². The van der Waals surface area contributed by atoms with Crippen LogP contribution in [0.2, 0.25) is 0 Å². The zero-order valence-corrected chi connectivity index (χ0v) is 17.6. The summed E-state index contributed by atoms with van der Waals surface area (Å²) in [4.78, 5) is 29.7. The van der Waals surface area contributed by atoms with E-state index in [0.29, 0.717) is 30.8 Å². The SMILES string of the molecule is CCC[C@H](C)N1C[C@H]2C(=O)NC3(CCN(C(=O)COc4ccccc4)CC3)[C@H]2C1. The van der Waals surface area contributed by atoms with Crippen LogP contribution in [0, 0.1) is 11.8 Å². The minimum Gasteiger partial charge on any atom is -0.484 e. The lowest BCUT2D eigenvalue weighted by molar-refractivity contribution is -0.135. The number of piperidine rings is 1. The predicted octanol–water partition coefficient (Wildman–Crippen LogP) is 2.29. The Kier molecular flexibility index (Phi) is 5.81. The van der Waals surface area contributed by atoms with Gasteiger partial charge in [-0.15, -0.1) is 0 Å². The molecule has 1 N–H and O–H groups in total. The molecule has 3 fully saturated rings. The number of carbonyl (C=O) groups excluding carboxylic acids is 2. The van der Waals surface area contributed by atoms with Crippen LogP contribution in [0.3, 0.4) is 0 Å². The first-order valence-corrected chi connectivity index (χ1v) is 11.0. The van der Waals surface area contributed by atoms with Gasteiger partial charge in [0.2, 0.25) is 5.91 Å². The van der Waals surface area contributed by atoms with Gasteiger partial charge in [0.1, 0.15) is 5.75 Å². The van der Waals surface area contributed by atoms with Gasteiger partial charge in [0, 0.05) is 43.7 Å². The average molecular weight is 400 g/mol. The van der Waals surface area contributed by atoms with Crippen molar-refractivity contribution in [2.24, 2.45) is 11.8 Å². The molecule has 2 amide bonds. The second-order valence-electron chi connectivity index (χ2n) is 8.93. The Bertz CT molecular complexity index is 730. The number of benzene rings is 1. The van der Waals surface area contributed by atoms with Crippen LogP contribution in [0.1, 0.15) is 39.5 Å². The molecule has 1 aromatic carbocycles. The Labute approximate surface area is 173 Å². The summed E-state index contributed by atoms with van der Waals surface area (Å²) in [5, 5.41) is 3.35. The van der Waals surface area contributed by atoms with Crippen LogP contribution in [-0.2, 0) is 9.59 Å². The third-order valence-electron chi connectivity index (χ3n) is 7.21. The van der Waals surface area contributed by atoms with Crippen molar-refractivity contribution in [2.45, 2.75) is 51.1 Å². The average Bonchev–Trinajstić information content (AvgIpc) is 3.29. The number of para-hydroxylation sites is 1. The third-order valence-corrected chi connectivity index (χ3v) is 7.21. The number of nitrogens with one attached hydrogen (secondary N) is 1. The summed E-state index contributed by atoms with van der Waals surface area (Å²) in [6.07, 6.45) is 4.03. The highest BCUT2D eigenvalue weighted by molar-refractivity contribution is 5.84. The summed E-state index contributed by atoms with van der Waals surface area (Å²) < 4.78 is 5.62. The maximum absolute atomic E-state index is 12.7. The second kappa shape index (κ2) is 8.34. The first-order valence-electron chi connectivity index (χ1n) is 11.0. The maximum Gasteiger partial charge on any atom is 0.260 e. The highest BCUT2D eigenvalue weighted by atomic mass is 16.5. The molecule has 0 bridgehead atoms. The molecule has 0 unspecified atom stereocenters. The second-order valence-corrected chi connectivity index (χ2v) is 8.93. The maximum atomic E-state index is 12.7. The number of rotatable bonds is 6. The molecule has 4 rings (SSSR count). The Hall–Kier alpha value is -2.08. The summed E-state index contributed by atoms with van der Waals surface area (Å²) in [5.74, 6) is 1.43. The van der Waals surface area contributed by atoms with Crippen LogP contribution in [0.5, 0.6) is 5.75 Å². The molecule has 0 aliphatic carbocycles. The van der Waals surface area contributed by atoms with Crippen molar-refractivity contribution in [3.8, 4) is 5.75 Å². The number of likely N-dealkylation sites (tertiary alicyclic amines) is 2. The quantitative estimate of drug-likeness (QED) is 0.797. The Balaban J connectivity index is 1.33. The van der Waals surface area contributed by atoms with Crippen LogP contribution < -0.4 is 10.1 Å². The number of amides is 2. The van der Waals surface area contributed by atoms with Crippen molar-refractivity contribution >= 4 is 11.8 Å². The molecule has 1 aromatic rings. The topological polar surface area (TPSA) is 61.9 Å². The largest absolute Gasteiger partial charge is 0.484 e. The molecule has 0 saturated carbocycles. The van der Waals surface area contributed by atoms with E-state index in [4.69, 9.17) is 4.74 Å². The number of hydrogen-bond acceptors (Lipinski definition) is 4. The van der Waals surface area contributed by atoms with Gasteiger partial charge in [-0.05, 0) is 38.3 Å². The third kappa shape index (κ3) is 4.00. The molecule has 3 aliphatic rings. The summed E-state index contributed by atoms with van der Waals surface area (Å²) in [6.45, 7) is 7.81. The molecule has 3 saturated heterocycles. The van der Waals surface area contributed by atoms with Gasteiger partial charge in [-0.3, -0.25) is 14.5 Å². The summed E-state index contributed by atoms with van der Waals surface area (Å²) in [5.41, 5.74) is -0.139. The van der Waals surface area contributed by atoms with Crippen molar-refractivity contribution in [1.29, 1.82) is 0 Å². The van der Waals surface area contributed by atoms with Crippen LogP contribution >= 0.6 is 0 Å². The summed E-state index contributed by atoms with van der Waals surface area (Å²) >= 11 is 0. The fourth-order valence-electron chi connectivity index (χ4n) is 5.45.